The van der Waals surface area contributed by atoms with Gasteiger partial charge >= 0.3 is 0 Å². The van der Waals surface area contributed by atoms with Gasteiger partial charge in [-0.3, -0.25) is 4.79 Å². The zero-order chi connectivity index (χ0) is 14.4. The van der Waals surface area contributed by atoms with E-state index < -0.39 is 0 Å². The van der Waals surface area contributed by atoms with E-state index in [9.17, 15) is 4.79 Å². The maximum Gasteiger partial charge on any atom is 0.254 e. The number of hydrogen-bond acceptors (Lipinski definition) is 7. The van der Waals surface area contributed by atoms with Crippen LogP contribution in [0.5, 0.6) is 0 Å². The fraction of sp³-hybridized carbons (Fsp3) is 0.417. The Hall–Kier alpha value is -1.54. The molecule has 0 unspecified atom stereocenters. The fourth-order valence-corrected chi connectivity index (χ4v) is 3.14. The number of carbonyl (C=O) groups excluding carboxylic acids is 1. The van der Waals surface area contributed by atoms with Crippen molar-refractivity contribution in [2.24, 2.45) is 0 Å². The predicted molar refractivity (Wildman–Crippen MR) is 79.1 cm³/mol. The molecular formula is C12H15N5OS2. The Balaban J connectivity index is 1.74. The van der Waals surface area contributed by atoms with E-state index in [1.165, 1.54) is 0 Å². The minimum atomic E-state index is -0.151. The Morgan fingerprint density at radius 3 is 2.70 bits per heavy atom. The molecule has 0 radical (unpaired) electrons. The van der Waals surface area contributed by atoms with Crippen LogP contribution in [0, 0.1) is 6.92 Å². The van der Waals surface area contributed by atoms with Gasteiger partial charge in [0, 0.05) is 31.1 Å². The number of rotatable bonds is 6. The lowest BCUT2D eigenvalue weighted by Gasteiger charge is -2.04. The highest BCUT2D eigenvalue weighted by Gasteiger charge is 2.07. The molecule has 0 aromatic carbocycles. The molecule has 1 amide bonds. The van der Waals surface area contributed by atoms with Crippen LogP contribution in [0.3, 0.4) is 0 Å². The maximum atomic E-state index is 11.8. The third-order valence-electron chi connectivity index (χ3n) is 2.40. The van der Waals surface area contributed by atoms with E-state index in [1.54, 1.807) is 35.5 Å². The summed E-state index contributed by atoms with van der Waals surface area (Å²) in [5.74, 6) is 1.35. The zero-order valence-electron chi connectivity index (χ0n) is 11.3. The Morgan fingerprint density at radius 2 is 2.10 bits per heavy atom. The summed E-state index contributed by atoms with van der Waals surface area (Å²) in [6, 6.07) is 0. The molecule has 1 N–H and O–H groups in total. The summed E-state index contributed by atoms with van der Waals surface area (Å²) in [5.41, 5.74) is 0.485. The van der Waals surface area contributed by atoms with Gasteiger partial charge in [-0.1, -0.05) is 30.0 Å². The van der Waals surface area contributed by atoms with Crippen LogP contribution < -0.4 is 5.32 Å². The molecule has 2 heterocycles. The monoisotopic (exact) mass is 309 g/mol. The first-order valence-electron chi connectivity index (χ1n) is 6.21. The van der Waals surface area contributed by atoms with Gasteiger partial charge < -0.3 is 5.32 Å². The molecule has 0 bridgehead atoms. The maximum absolute atomic E-state index is 11.8. The number of aromatic nitrogens is 4. The summed E-state index contributed by atoms with van der Waals surface area (Å²) in [6.45, 7) is 4.46. The number of nitrogens with one attached hydrogen (secondary N) is 1. The average Bonchev–Trinajstić information content (AvgIpc) is 2.89. The van der Waals surface area contributed by atoms with Crippen LogP contribution >= 0.6 is 23.1 Å². The summed E-state index contributed by atoms with van der Waals surface area (Å²) >= 11 is 3.14. The third kappa shape index (κ3) is 4.24. The van der Waals surface area contributed by atoms with E-state index in [0.717, 1.165) is 27.3 Å². The topological polar surface area (TPSA) is 80.7 Å². The lowest BCUT2D eigenvalue weighted by Crippen LogP contribution is -2.26. The second-order valence-electron chi connectivity index (χ2n) is 3.93. The zero-order valence-corrected chi connectivity index (χ0v) is 12.9. The van der Waals surface area contributed by atoms with E-state index in [1.807, 2.05) is 13.8 Å². The van der Waals surface area contributed by atoms with E-state index in [2.05, 4.69) is 25.5 Å². The molecule has 0 spiro atoms. The van der Waals surface area contributed by atoms with Crippen LogP contribution in [0.25, 0.3) is 0 Å². The standard InChI is InChI=1S/C12H15N5OS2/c1-3-10-14-6-9(7-15-10)11(18)13-4-5-19-12-17-16-8(2)20-12/h6-7H,3-5H2,1-2H3,(H,13,18). The highest BCUT2D eigenvalue weighted by molar-refractivity contribution is 8.01. The molecule has 2 aromatic rings. The summed E-state index contributed by atoms with van der Waals surface area (Å²) in [5, 5.41) is 11.7. The van der Waals surface area contributed by atoms with Gasteiger partial charge in [0.1, 0.15) is 10.8 Å². The van der Waals surface area contributed by atoms with Crippen molar-refractivity contribution < 1.29 is 4.79 Å². The highest BCUT2D eigenvalue weighted by atomic mass is 32.2. The van der Waals surface area contributed by atoms with Crippen LogP contribution in [0.4, 0.5) is 0 Å². The number of amides is 1. The number of thioether (sulfide) groups is 1. The SMILES string of the molecule is CCc1ncc(C(=O)NCCSc2nnc(C)s2)cn1. The van der Waals surface area contributed by atoms with Gasteiger partial charge in [-0.15, -0.1) is 10.2 Å². The number of hydrogen-bond donors (Lipinski definition) is 1. The van der Waals surface area contributed by atoms with Gasteiger partial charge in [0.25, 0.3) is 5.91 Å². The van der Waals surface area contributed by atoms with Gasteiger partial charge in [-0.2, -0.15) is 0 Å². The molecule has 20 heavy (non-hydrogen) atoms. The lowest BCUT2D eigenvalue weighted by atomic mass is 10.3. The van der Waals surface area contributed by atoms with Crippen molar-refractivity contribution in [3.8, 4) is 0 Å². The van der Waals surface area contributed by atoms with Crippen molar-refractivity contribution in [3.05, 3.63) is 28.8 Å². The molecule has 2 aromatic heterocycles. The van der Waals surface area contributed by atoms with Gasteiger partial charge in [-0.25, -0.2) is 9.97 Å². The van der Waals surface area contributed by atoms with Crippen LogP contribution in [0.1, 0.15) is 28.1 Å². The van der Waals surface area contributed by atoms with Crippen LogP contribution in [-0.4, -0.2) is 38.4 Å². The van der Waals surface area contributed by atoms with Crippen molar-refractivity contribution in [1.29, 1.82) is 0 Å². The van der Waals surface area contributed by atoms with E-state index in [4.69, 9.17) is 0 Å². The van der Waals surface area contributed by atoms with Crippen LogP contribution in [-0.2, 0) is 6.42 Å². The Bertz CT molecular complexity index is 569. The second-order valence-corrected chi connectivity index (χ2v) is 6.46. The Morgan fingerprint density at radius 1 is 1.35 bits per heavy atom. The lowest BCUT2D eigenvalue weighted by molar-refractivity contribution is 0.0955. The molecule has 0 atom stereocenters. The third-order valence-corrected chi connectivity index (χ3v) is 4.38. The van der Waals surface area contributed by atoms with E-state index in [-0.39, 0.29) is 5.91 Å². The average molecular weight is 309 g/mol. The first kappa shape index (κ1) is 14.9. The summed E-state index contributed by atoms with van der Waals surface area (Å²) in [4.78, 5) is 20.0. The van der Waals surface area contributed by atoms with Crippen molar-refractivity contribution in [2.75, 3.05) is 12.3 Å². The summed E-state index contributed by atoms with van der Waals surface area (Å²) < 4.78 is 0.924. The molecule has 0 saturated heterocycles. The molecule has 0 aliphatic rings. The summed E-state index contributed by atoms with van der Waals surface area (Å²) in [7, 11) is 0. The molecule has 6 nitrogen and oxygen atoms in total. The van der Waals surface area contributed by atoms with Crippen molar-refractivity contribution in [1.82, 2.24) is 25.5 Å². The van der Waals surface area contributed by atoms with Gasteiger partial charge in [0.2, 0.25) is 0 Å². The molecule has 0 saturated carbocycles. The van der Waals surface area contributed by atoms with E-state index >= 15 is 0 Å². The number of nitrogens with zero attached hydrogens (tertiary/aromatic N) is 4. The molecule has 2 rings (SSSR count). The molecule has 0 fully saturated rings. The van der Waals surface area contributed by atoms with Gasteiger partial charge in [0.05, 0.1) is 5.56 Å². The molecule has 0 aliphatic carbocycles. The van der Waals surface area contributed by atoms with Crippen LogP contribution in [0.2, 0.25) is 0 Å². The largest absolute Gasteiger partial charge is 0.351 e. The van der Waals surface area contributed by atoms with Gasteiger partial charge in [0.15, 0.2) is 4.34 Å². The van der Waals surface area contributed by atoms with Crippen molar-refractivity contribution in [2.45, 2.75) is 24.6 Å². The first-order chi connectivity index (χ1) is 9.69. The second kappa shape index (κ2) is 7.30. The number of aryl methyl sites for hydroxylation is 2. The highest BCUT2D eigenvalue weighted by Crippen LogP contribution is 2.20. The van der Waals surface area contributed by atoms with Gasteiger partial charge in [-0.05, 0) is 6.92 Å². The molecule has 0 aliphatic heterocycles. The minimum Gasteiger partial charge on any atom is -0.351 e. The first-order valence-corrected chi connectivity index (χ1v) is 8.01. The van der Waals surface area contributed by atoms with Crippen molar-refractivity contribution in [3.63, 3.8) is 0 Å². The molecule has 106 valence electrons. The smallest absolute Gasteiger partial charge is 0.254 e. The minimum absolute atomic E-state index is 0.151. The predicted octanol–water partition coefficient (Wildman–Crippen LogP) is 1.72. The van der Waals surface area contributed by atoms with E-state index in [0.29, 0.717) is 12.1 Å². The van der Waals surface area contributed by atoms with Crippen molar-refractivity contribution >= 4 is 29.0 Å². The molecule has 8 heteroatoms. The number of carbonyl (C=O) groups is 1. The van der Waals surface area contributed by atoms with Crippen LogP contribution in [0.15, 0.2) is 16.7 Å². The summed E-state index contributed by atoms with van der Waals surface area (Å²) in [6.07, 6.45) is 3.88. The molecular weight excluding hydrogens is 294 g/mol. The quantitative estimate of drug-likeness (QED) is 0.646. The Labute approximate surface area is 125 Å². The normalized spacial score (nSPS) is 10.5. The Kier molecular flexibility index (Phi) is 5.42. The fourth-order valence-electron chi connectivity index (χ4n) is 1.40.